The lowest BCUT2D eigenvalue weighted by Crippen LogP contribution is -2.25. The first-order valence-corrected chi connectivity index (χ1v) is 6.06. The van der Waals surface area contributed by atoms with Crippen molar-refractivity contribution in [2.75, 3.05) is 0 Å². The van der Waals surface area contributed by atoms with E-state index in [9.17, 15) is 0 Å². The van der Waals surface area contributed by atoms with Gasteiger partial charge in [0.2, 0.25) is 0 Å². The van der Waals surface area contributed by atoms with Crippen LogP contribution >= 0.6 is 0 Å². The van der Waals surface area contributed by atoms with Gasteiger partial charge in [-0.05, 0) is 55.3 Å². The lowest BCUT2D eigenvalue weighted by Gasteiger charge is -2.19. The standard InChI is InChI=1S/C13H18N4O/c1-5-10-6-8-11(9-7-10)17-12(14-15-16-17)18-13(2,3)4/h6-9H,5H2,1-4H3. The summed E-state index contributed by atoms with van der Waals surface area (Å²) in [7, 11) is 0. The molecule has 2 rings (SSSR count). The van der Waals surface area contributed by atoms with E-state index in [0.717, 1.165) is 12.1 Å². The number of aryl methyl sites for hydroxylation is 1. The number of hydrogen-bond donors (Lipinski definition) is 0. The summed E-state index contributed by atoms with van der Waals surface area (Å²) in [6.07, 6.45) is 1.02. The molecule has 0 amide bonds. The van der Waals surface area contributed by atoms with Crippen LogP contribution < -0.4 is 4.74 Å². The lowest BCUT2D eigenvalue weighted by atomic mass is 10.1. The Balaban J connectivity index is 2.30. The highest BCUT2D eigenvalue weighted by Gasteiger charge is 2.18. The lowest BCUT2D eigenvalue weighted by molar-refractivity contribution is 0.113. The fourth-order valence-electron chi connectivity index (χ4n) is 1.55. The number of ether oxygens (including phenoxy) is 1. The summed E-state index contributed by atoms with van der Waals surface area (Å²) in [5.74, 6) is 0. The van der Waals surface area contributed by atoms with Gasteiger partial charge in [-0.3, -0.25) is 0 Å². The smallest absolute Gasteiger partial charge is 0.340 e. The second-order valence-electron chi connectivity index (χ2n) is 5.11. The minimum Gasteiger partial charge on any atom is -0.457 e. The minimum atomic E-state index is -0.324. The second kappa shape index (κ2) is 4.76. The summed E-state index contributed by atoms with van der Waals surface area (Å²) in [5.41, 5.74) is 1.86. The first-order chi connectivity index (χ1) is 8.49. The Labute approximate surface area is 107 Å². The molecule has 0 unspecified atom stereocenters. The van der Waals surface area contributed by atoms with Gasteiger partial charge in [0.05, 0.1) is 5.69 Å². The molecule has 0 N–H and O–H groups in total. The summed E-state index contributed by atoms with van der Waals surface area (Å²) in [6, 6.07) is 8.53. The zero-order valence-electron chi connectivity index (χ0n) is 11.2. The Morgan fingerprint density at radius 2 is 1.83 bits per heavy atom. The molecule has 0 aliphatic rings. The fourth-order valence-corrected chi connectivity index (χ4v) is 1.55. The molecule has 1 aromatic carbocycles. The maximum Gasteiger partial charge on any atom is 0.340 e. The molecule has 0 atom stereocenters. The molecule has 0 spiro atoms. The first kappa shape index (κ1) is 12.5. The molecule has 0 saturated heterocycles. The average molecular weight is 246 g/mol. The maximum atomic E-state index is 5.71. The quantitative estimate of drug-likeness (QED) is 0.834. The molecule has 0 radical (unpaired) electrons. The molecule has 0 aliphatic carbocycles. The van der Waals surface area contributed by atoms with Crippen LogP contribution in [0.2, 0.25) is 0 Å². The highest BCUT2D eigenvalue weighted by molar-refractivity contribution is 5.35. The number of aromatic nitrogens is 4. The Bertz CT molecular complexity index is 511. The third-order valence-corrected chi connectivity index (χ3v) is 2.43. The van der Waals surface area contributed by atoms with E-state index in [1.807, 2.05) is 32.9 Å². The molecule has 1 heterocycles. The van der Waals surface area contributed by atoms with Gasteiger partial charge in [-0.15, -0.1) is 0 Å². The third kappa shape index (κ3) is 2.85. The Morgan fingerprint density at radius 3 is 2.39 bits per heavy atom. The van der Waals surface area contributed by atoms with Crippen molar-refractivity contribution in [3.63, 3.8) is 0 Å². The van der Waals surface area contributed by atoms with Crippen molar-refractivity contribution in [1.82, 2.24) is 20.2 Å². The molecule has 2 aromatic rings. The van der Waals surface area contributed by atoms with Crippen LogP contribution in [0, 0.1) is 0 Å². The third-order valence-electron chi connectivity index (χ3n) is 2.43. The van der Waals surface area contributed by atoms with E-state index in [1.165, 1.54) is 5.56 Å². The summed E-state index contributed by atoms with van der Waals surface area (Å²) in [5, 5.41) is 11.5. The monoisotopic (exact) mass is 246 g/mol. The van der Waals surface area contributed by atoms with Crippen LogP contribution in [0.15, 0.2) is 24.3 Å². The van der Waals surface area contributed by atoms with Gasteiger partial charge in [-0.25, -0.2) is 0 Å². The van der Waals surface area contributed by atoms with Gasteiger partial charge >= 0.3 is 6.01 Å². The number of tetrazole rings is 1. The van der Waals surface area contributed by atoms with Crippen molar-refractivity contribution in [2.45, 2.75) is 39.7 Å². The largest absolute Gasteiger partial charge is 0.457 e. The first-order valence-electron chi connectivity index (χ1n) is 6.06. The van der Waals surface area contributed by atoms with E-state index < -0.39 is 0 Å². The highest BCUT2D eigenvalue weighted by atomic mass is 16.5. The van der Waals surface area contributed by atoms with E-state index in [4.69, 9.17) is 4.74 Å². The summed E-state index contributed by atoms with van der Waals surface area (Å²) < 4.78 is 7.31. The molecule has 5 heteroatoms. The molecule has 96 valence electrons. The minimum absolute atomic E-state index is 0.324. The Morgan fingerprint density at radius 1 is 1.17 bits per heavy atom. The molecular formula is C13H18N4O. The van der Waals surface area contributed by atoms with Crippen molar-refractivity contribution in [1.29, 1.82) is 0 Å². The van der Waals surface area contributed by atoms with Crippen LogP contribution in [0.4, 0.5) is 0 Å². The van der Waals surface area contributed by atoms with Crippen molar-refractivity contribution in [3.05, 3.63) is 29.8 Å². The van der Waals surface area contributed by atoms with Crippen molar-refractivity contribution in [2.24, 2.45) is 0 Å². The van der Waals surface area contributed by atoms with E-state index >= 15 is 0 Å². The maximum absolute atomic E-state index is 5.71. The molecule has 18 heavy (non-hydrogen) atoms. The molecule has 0 fully saturated rings. The Hall–Kier alpha value is -1.91. The van der Waals surface area contributed by atoms with Gasteiger partial charge < -0.3 is 4.74 Å². The molecular weight excluding hydrogens is 228 g/mol. The predicted octanol–water partition coefficient (Wildman–Crippen LogP) is 2.40. The van der Waals surface area contributed by atoms with Crippen LogP contribution in [0.1, 0.15) is 33.3 Å². The predicted molar refractivity (Wildman–Crippen MR) is 68.9 cm³/mol. The molecule has 1 aromatic heterocycles. The normalized spacial score (nSPS) is 11.6. The van der Waals surface area contributed by atoms with Crippen LogP contribution in [-0.2, 0) is 6.42 Å². The number of rotatable bonds is 3. The molecule has 0 aliphatic heterocycles. The van der Waals surface area contributed by atoms with Gasteiger partial charge in [-0.2, -0.15) is 4.68 Å². The van der Waals surface area contributed by atoms with E-state index in [0.29, 0.717) is 6.01 Å². The van der Waals surface area contributed by atoms with Crippen molar-refractivity contribution in [3.8, 4) is 11.7 Å². The highest BCUT2D eigenvalue weighted by Crippen LogP contribution is 2.18. The number of nitrogens with zero attached hydrogens (tertiary/aromatic N) is 4. The van der Waals surface area contributed by atoms with E-state index in [2.05, 4.69) is 34.6 Å². The average Bonchev–Trinajstić information content (AvgIpc) is 2.75. The van der Waals surface area contributed by atoms with Crippen LogP contribution in [0.3, 0.4) is 0 Å². The van der Waals surface area contributed by atoms with Gasteiger partial charge in [0.15, 0.2) is 0 Å². The van der Waals surface area contributed by atoms with E-state index in [1.54, 1.807) is 4.68 Å². The molecule has 0 bridgehead atoms. The molecule has 5 nitrogen and oxygen atoms in total. The summed E-state index contributed by atoms with van der Waals surface area (Å²) in [4.78, 5) is 0. The summed E-state index contributed by atoms with van der Waals surface area (Å²) >= 11 is 0. The number of benzene rings is 1. The van der Waals surface area contributed by atoms with Crippen LogP contribution in [-0.4, -0.2) is 25.8 Å². The van der Waals surface area contributed by atoms with Gasteiger partial charge in [0, 0.05) is 0 Å². The van der Waals surface area contributed by atoms with Crippen molar-refractivity contribution >= 4 is 0 Å². The topological polar surface area (TPSA) is 52.8 Å². The zero-order chi connectivity index (χ0) is 13.2. The second-order valence-corrected chi connectivity index (χ2v) is 5.11. The fraction of sp³-hybridized carbons (Fsp3) is 0.462. The molecule has 0 saturated carbocycles. The zero-order valence-corrected chi connectivity index (χ0v) is 11.2. The summed E-state index contributed by atoms with van der Waals surface area (Å²) in [6.45, 7) is 8.02. The van der Waals surface area contributed by atoms with Gasteiger partial charge in [0.1, 0.15) is 5.60 Å². The van der Waals surface area contributed by atoms with Gasteiger partial charge in [-0.1, -0.05) is 24.2 Å². The Kier molecular flexibility index (Phi) is 3.32. The van der Waals surface area contributed by atoms with Crippen molar-refractivity contribution < 1.29 is 4.74 Å². The van der Waals surface area contributed by atoms with E-state index in [-0.39, 0.29) is 5.60 Å². The van der Waals surface area contributed by atoms with Crippen LogP contribution in [0.5, 0.6) is 6.01 Å². The SMILES string of the molecule is CCc1ccc(-n2nnnc2OC(C)(C)C)cc1. The number of hydrogen-bond acceptors (Lipinski definition) is 4. The van der Waals surface area contributed by atoms with Gasteiger partial charge in [0.25, 0.3) is 0 Å². The van der Waals surface area contributed by atoms with Crippen LogP contribution in [0.25, 0.3) is 5.69 Å².